The van der Waals surface area contributed by atoms with Gasteiger partial charge in [-0.25, -0.2) is 9.59 Å². The van der Waals surface area contributed by atoms with Crippen LogP contribution in [0.15, 0.2) is 48.0 Å². The molecule has 10 heteroatoms. The molecule has 136 valence electrons. The molecule has 3 amide bonds. The maximum absolute atomic E-state index is 11.5. The molecule has 0 saturated heterocycles. The van der Waals surface area contributed by atoms with Gasteiger partial charge >= 0.3 is 11.9 Å². The van der Waals surface area contributed by atoms with Crippen molar-refractivity contribution in [1.82, 2.24) is 16.0 Å². The van der Waals surface area contributed by atoms with E-state index in [-0.39, 0.29) is 30.8 Å². The van der Waals surface area contributed by atoms with E-state index in [0.29, 0.717) is 5.82 Å². The Balaban J connectivity index is 1.74. The summed E-state index contributed by atoms with van der Waals surface area (Å²) in [5, 5.41) is 7.14. The number of esters is 2. The molecule has 2 rings (SSSR count). The van der Waals surface area contributed by atoms with Crippen LogP contribution < -0.4 is 16.0 Å². The normalized spacial score (nSPS) is 16.9. The SMILES string of the molecule is C=C1NC=C(COC(=O)/C=C/C(=O)OCC2=CCC(=O)NC2=O)C(=O)N1. The summed E-state index contributed by atoms with van der Waals surface area (Å²) < 4.78 is 9.61. The van der Waals surface area contributed by atoms with Crippen LogP contribution in [0.5, 0.6) is 0 Å². The highest BCUT2D eigenvalue weighted by atomic mass is 16.5. The van der Waals surface area contributed by atoms with Gasteiger partial charge in [0.2, 0.25) is 5.91 Å². The Hall–Kier alpha value is -3.69. The molecular weight excluding hydrogens is 346 g/mol. The molecule has 0 fully saturated rings. The number of carbonyl (C=O) groups is 5. The summed E-state index contributed by atoms with van der Waals surface area (Å²) in [6, 6.07) is 0. The van der Waals surface area contributed by atoms with E-state index < -0.39 is 29.7 Å². The maximum Gasteiger partial charge on any atom is 0.331 e. The van der Waals surface area contributed by atoms with E-state index in [1.807, 2.05) is 0 Å². The zero-order valence-electron chi connectivity index (χ0n) is 13.5. The van der Waals surface area contributed by atoms with Gasteiger partial charge in [-0.1, -0.05) is 12.7 Å². The molecular formula is C16H15N3O7. The summed E-state index contributed by atoms with van der Waals surface area (Å²) in [4.78, 5) is 57.0. The average molecular weight is 361 g/mol. The maximum atomic E-state index is 11.5. The predicted octanol–water partition coefficient (Wildman–Crippen LogP) is -1.32. The minimum Gasteiger partial charge on any atom is -0.457 e. The Morgan fingerprint density at radius 1 is 1.00 bits per heavy atom. The van der Waals surface area contributed by atoms with Crippen LogP contribution in [0.3, 0.4) is 0 Å². The monoisotopic (exact) mass is 361 g/mol. The molecule has 2 heterocycles. The van der Waals surface area contributed by atoms with Gasteiger partial charge in [0.05, 0.1) is 11.1 Å². The molecule has 0 atom stereocenters. The van der Waals surface area contributed by atoms with Crippen LogP contribution in [-0.4, -0.2) is 42.9 Å². The van der Waals surface area contributed by atoms with Crippen molar-refractivity contribution in [3.8, 4) is 0 Å². The van der Waals surface area contributed by atoms with Crippen LogP contribution in [0, 0.1) is 0 Å². The Morgan fingerprint density at radius 2 is 1.58 bits per heavy atom. The molecule has 0 aromatic carbocycles. The molecule has 0 radical (unpaired) electrons. The fourth-order valence-corrected chi connectivity index (χ4v) is 1.82. The summed E-state index contributed by atoms with van der Waals surface area (Å²) in [5.41, 5.74) is 0.310. The first-order valence-electron chi connectivity index (χ1n) is 7.36. The van der Waals surface area contributed by atoms with E-state index in [4.69, 9.17) is 9.47 Å². The van der Waals surface area contributed by atoms with Gasteiger partial charge in [0.1, 0.15) is 19.0 Å². The van der Waals surface area contributed by atoms with E-state index in [1.165, 1.54) is 12.3 Å². The summed E-state index contributed by atoms with van der Waals surface area (Å²) in [5.74, 6) is -2.96. The van der Waals surface area contributed by atoms with Gasteiger partial charge in [-0.2, -0.15) is 0 Å². The van der Waals surface area contributed by atoms with Gasteiger partial charge in [0, 0.05) is 24.8 Å². The van der Waals surface area contributed by atoms with Crippen LogP contribution in [0.25, 0.3) is 0 Å². The molecule has 2 aliphatic rings. The van der Waals surface area contributed by atoms with Crippen molar-refractivity contribution >= 4 is 29.7 Å². The summed E-state index contributed by atoms with van der Waals surface area (Å²) in [6.45, 7) is 2.87. The second-order valence-corrected chi connectivity index (χ2v) is 5.11. The van der Waals surface area contributed by atoms with Gasteiger partial charge < -0.3 is 20.1 Å². The first kappa shape index (κ1) is 18.6. The molecule has 0 spiro atoms. The molecule has 0 aromatic rings. The number of hydrogen-bond donors (Lipinski definition) is 3. The van der Waals surface area contributed by atoms with Crippen molar-refractivity contribution < 1.29 is 33.4 Å². The van der Waals surface area contributed by atoms with E-state index >= 15 is 0 Å². The van der Waals surface area contributed by atoms with E-state index in [0.717, 1.165) is 12.2 Å². The van der Waals surface area contributed by atoms with Crippen LogP contribution in [0.1, 0.15) is 6.42 Å². The number of hydrogen-bond acceptors (Lipinski definition) is 8. The van der Waals surface area contributed by atoms with Crippen molar-refractivity contribution in [1.29, 1.82) is 0 Å². The Labute approximate surface area is 147 Å². The largest absolute Gasteiger partial charge is 0.457 e. The highest BCUT2D eigenvalue weighted by molar-refractivity contribution is 6.07. The van der Waals surface area contributed by atoms with Crippen molar-refractivity contribution in [3.05, 3.63) is 48.0 Å². The van der Waals surface area contributed by atoms with Crippen LogP contribution in [-0.2, 0) is 33.4 Å². The average Bonchev–Trinajstić information content (AvgIpc) is 2.58. The van der Waals surface area contributed by atoms with Crippen molar-refractivity contribution in [2.75, 3.05) is 13.2 Å². The molecule has 0 unspecified atom stereocenters. The standard InChI is InChI=1S/C16H15N3O7/c1-9-17-6-11(16(24)18-9)8-26-14(22)5-4-13(21)25-7-10-2-3-12(20)19-15(10)23/h2,4-6,17H,1,3,7-8H2,(H,18,24)(H,19,20,23)/b5-4+. The summed E-state index contributed by atoms with van der Waals surface area (Å²) in [6.07, 6.45) is 4.38. The molecule has 0 bridgehead atoms. The van der Waals surface area contributed by atoms with Crippen molar-refractivity contribution in [2.45, 2.75) is 6.42 Å². The summed E-state index contributed by atoms with van der Waals surface area (Å²) >= 11 is 0. The number of nitrogens with one attached hydrogen (secondary N) is 3. The minimum atomic E-state index is -0.875. The van der Waals surface area contributed by atoms with E-state index in [2.05, 4.69) is 22.5 Å². The van der Waals surface area contributed by atoms with E-state index in [9.17, 15) is 24.0 Å². The topological polar surface area (TPSA) is 140 Å². The van der Waals surface area contributed by atoms with Crippen molar-refractivity contribution in [2.24, 2.45) is 0 Å². The lowest BCUT2D eigenvalue weighted by Crippen LogP contribution is -2.36. The Kier molecular flexibility index (Phi) is 6.04. The highest BCUT2D eigenvalue weighted by Gasteiger charge is 2.19. The number of ether oxygens (including phenoxy) is 2. The Bertz CT molecular complexity index is 713. The van der Waals surface area contributed by atoms with Crippen molar-refractivity contribution in [3.63, 3.8) is 0 Å². The third-order valence-electron chi connectivity index (χ3n) is 3.15. The smallest absolute Gasteiger partial charge is 0.331 e. The zero-order valence-corrected chi connectivity index (χ0v) is 13.5. The lowest BCUT2D eigenvalue weighted by Gasteiger charge is -2.16. The third-order valence-corrected chi connectivity index (χ3v) is 3.15. The van der Waals surface area contributed by atoms with Crippen LogP contribution in [0.4, 0.5) is 0 Å². The molecule has 0 aromatic heterocycles. The van der Waals surface area contributed by atoms with Gasteiger partial charge in [-0.15, -0.1) is 0 Å². The highest BCUT2D eigenvalue weighted by Crippen LogP contribution is 2.05. The van der Waals surface area contributed by atoms with E-state index in [1.54, 1.807) is 0 Å². The molecule has 2 aliphatic heterocycles. The number of imide groups is 1. The lowest BCUT2D eigenvalue weighted by molar-refractivity contribution is -0.140. The first-order chi connectivity index (χ1) is 12.3. The molecule has 0 aliphatic carbocycles. The lowest BCUT2D eigenvalue weighted by atomic mass is 10.1. The molecule has 26 heavy (non-hydrogen) atoms. The van der Waals surface area contributed by atoms with Gasteiger partial charge in [0.15, 0.2) is 0 Å². The third kappa shape index (κ3) is 5.44. The number of rotatable bonds is 6. The fourth-order valence-electron chi connectivity index (χ4n) is 1.82. The second kappa shape index (κ2) is 8.42. The van der Waals surface area contributed by atoms with Gasteiger partial charge in [-0.3, -0.25) is 19.7 Å². The quantitative estimate of drug-likeness (QED) is 0.301. The molecule has 3 N–H and O–H groups in total. The van der Waals surface area contributed by atoms with Gasteiger partial charge in [0.25, 0.3) is 11.8 Å². The second-order valence-electron chi connectivity index (χ2n) is 5.11. The van der Waals surface area contributed by atoms with Crippen LogP contribution in [0.2, 0.25) is 0 Å². The fraction of sp³-hybridized carbons (Fsp3) is 0.188. The Morgan fingerprint density at radius 3 is 2.15 bits per heavy atom. The first-order valence-corrected chi connectivity index (χ1v) is 7.36. The zero-order chi connectivity index (χ0) is 19.1. The molecule has 0 saturated carbocycles. The van der Waals surface area contributed by atoms with Crippen LogP contribution >= 0.6 is 0 Å². The van der Waals surface area contributed by atoms with Gasteiger partial charge in [-0.05, 0) is 0 Å². The summed E-state index contributed by atoms with van der Waals surface area (Å²) in [7, 11) is 0. The predicted molar refractivity (Wildman–Crippen MR) is 85.4 cm³/mol. The number of amides is 3. The minimum absolute atomic E-state index is 0.0203. The molecule has 10 nitrogen and oxygen atoms in total. The number of carbonyl (C=O) groups excluding carboxylic acids is 5.